The van der Waals surface area contributed by atoms with Gasteiger partial charge in [-0.2, -0.15) is 0 Å². The molecule has 0 spiro atoms. The van der Waals surface area contributed by atoms with Gasteiger partial charge in [0.25, 0.3) is 0 Å². The number of nitrogens with zero attached hydrogens (tertiary/aromatic N) is 2. The van der Waals surface area contributed by atoms with E-state index < -0.39 is 31.4 Å². The average molecular weight is 599 g/mol. The number of aromatic nitrogens is 2. The van der Waals surface area contributed by atoms with Crippen LogP contribution < -0.4 is 14.2 Å². The van der Waals surface area contributed by atoms with E-state index in [9.17, 15) is 21.6 Å². The molecule has 1 heterocycles. The molecular weight excluding hydrogens is 564 g/mol. The van der Waals surface area contributed by atoms with E-state index >= 15 is 0 Å². The van der Waals surface area contributed by atoms with Gasteiger partial charge in [0.1, 0.15) is 11.6 Å². The largest absolute Gasteiger partial charge is 0.426 e. The van der Waals surface area contributed by atoms with E-state index in [0.717, 1.165) is 53.5 Å². The molecule has 3 aromatic carbocycles. The summed E-state index contributed by atoms with van der Waals surface area (Å²) in [6.45, 7) is 5.90. The van der Waals surface area contributed by atoms with Crippen molar-refractivity contribution in [1.82, 2.24) is 14.3 Å². The van der Waals surface area contributed by atoms with Crippen molar-refractivity contribution in [3.8, 4) is 16.9 Å². The minimum Gasteiger partial charge on any atom is -0.409 e. The molecule has 0 radical (unpaired) electrons. The van der Waals surface area contributed by atoms with Crippen LogP contribution in [0, 0.1) is 0 Å². The molecule has 0 aliphatic heterocycles. The van der Waals surface area contributed by atoms with Crippen molar-refractivity contribution in [3.05, 3.63) is 78.1 Å². The third-order valence-corrected chi connectivity index (χ3v) is 8.72. The predicted octanol–water partition coefficient (Wildman–Crippen LogP) is 5.29. The van der Waals surface area contributed by atoms with Gasteiger partial charge < -0.3 is 9.30 Å². The average Bonchev–Trinajstić information content (AvgIpc) is 3.23. The number of fused-ring (bicyclic) bond motifs is 1. The van der Waals surface area contributed by atoms with E-state index in [4.69, 9.17) is 9.72 Å². The second-order valence-corrected chi connectivity index (χ2v) is 14.1. The number of carbonyl (C=O) groups excluding carboxylic acids is 1. The Balaban J connectivity index is 1.64. The van der Waals surface area contributed by atoms with Gasteiger partial charge in [-0.1, -0.05) is 55.8 Å². The Bertz CT molecular complexity index is 1760. The number of hydrogen-bond donors (Lipinski definition) is 2. The van der Waals surface area contributed by atoms with Crippen molar-refractivity contribution >= 4 is 42.9 Å². The molecule has 10 nitrogen and oxygen atoms in total. The summed E-state index contributed by atoms with van der Waals surface area (Å²) in [6.07, 6.45) is 2.57. The minimum atomic E-state index is -3.76. The number of sulfonamides is 2. The summed E-state index contributed by atoms with van der Waals surface area (Å²) in [7, 11) is -7.25. The lowest BCUT2D eigenvalue weighted by Crippen LogP contribution is -2.32. The molecule has 0 atom stereocenters. The minimum absolute atomic E-state index is 0.222. The van der Waals surface area contributed by atoms with Crippen molar-refractivity contribution in [2.45, 2.75) is 51.8 Å². The third kappa shape index (κ3) is 7.65. The van der Waals surface area contributed by atoms with Gasteiger partial charge in [0.05, 0.1) is 28.2 Å². The lowest BCUT2D eigenvalue weighted by atomic mass is 10.0. The number of ether oxygens (including phenoxy) is 1. The fourth-order valence-electron chi connectivity index (χ4n) is 4.26. The first-order valence-corrected chi connectivity index (χ1v) is 16.7. The zero-order chi connectivity index (χ0) is 29.8. The second-order valence-electron chi connectivity index (χ2n) is 10.1. The van der Waals surface area contributed by atoms with Crippen molar-refractivity contribution in [3.63, 3.8) is 0 Å². The van der Waals surface area contributed by atoms with Crippen molar-refractivity contribution in [2.24, 2.45) is 0 Å². The highest BCUT2D eigenvalue weighted by atomic mass is 32.2. The van der Waals surface area contributed by atoms with Crippen LogP contribution >= 0.6 is 0 Å². The molecular formula is C29H34N4O6S2. The maximum Gasteiger partial charge on any atom is 0.426 e. The Hall–Kier alpha value is -3.90. The molecule has 0 aliphatic carbocycles. The van der Waals surface area contributed by atoms with Crippen LogP contribution in [-0.4, -0.2) is 44.0 Å². The van der Waals surface area contributed by atoms with E-state index in [-0.39, 0.29) is 5.75 Å². The molecule has 4 aromatic rings. The Labute approximate surface area is 240 Å². The maximum absolute atomic E-state index is 12.5. The number of benzene rings is 3. The number of carbonyl (C=O) groups is 1. The van der Waals surface area contributed by atoms with Crippen molar-refractivity contribution in [2.75, 3.05) is 11.0 Å². The van der Waals surface area contributed by atoms with Crippen LogP contribution in [0.3, 0.4) is 0 Å². The summed E-state index contributed by atoms with van der Waals surface area (Å²) in [5.74, 6) is 1.14. The summed E-state index contributed by atoms with van der Waals surface area (Å²) in [5.41, 5.74) is 4.51. The standard InChI is InChI=1S/C29H34N4O6S2/c1-5-6-11-28-30-25-17-16-23(31-41(37,38)20(2)3)18-26(25)33(28)19-21-12-14-22(15-13-21)24-9-7-8-10-27(24)39-29(34)32-40(4,35)36/h7-10,12-18,20,31H,5-6,11,19H2,1-4H3,(H,32,34). The Morgan fingerprint density at radius 3 is 2.37 bits per heavy atom. The SMILES string of the molecule is CCCCc1nc2ccc(NS(=O)(=O)C(C)C)cc2n1Cc1ccc(-c2ccccc2OC(=O)NS(C)(=O)=O)cc1. The Morgan fingerprint density at radius 2 is 1.71 bits per heavy atom. The zero-order valence-corrected chi connectivity index (χ0v) is 25.1. The highest BCUT2D eigenvalue weighted by Crippen LogP contribution is 2.31. The van der Waals surface area contributed by atoms with Gasteiger partial charge in [-0.05, 0) is 55.7 Å². The maximum atomic E-state index is 12.5. The van der Waals surface area contributed by atoms with E-state index in [1.165, 1.54) is 0 Å². The van der Waals surface area contributed by atoms with Crippen LogP contribution in [0.1, 0.15) is 45.0 Å². The van der Waals surface area contributed by atoms with Gasteiger partial charge in [0.2, 0.25) is 20.0 Å². The first-order chi connectivity index (χ1) is 19.4. The molecule has 1 aromatic heterocycles. The van der Waals surface area contributed by atoms with Crippen LogP contribution in [-0.2, 0) is 33.0 Å². The number of aryl methyl sites for hydroxylation is 1. The fourth-order valence-corrected chi connectivity index (χ4v) is 5.29. The second kappa shape index (κ2) is 12.3. The van der Waals surface area contributed by atoms with Crippen LogP contribution in [0.2, 0.25) is 0 Å². The van der Waals surface area contributed by atoms with E-state index in [1.807, 2.05) is 36.4 Å². The molecule has 4 rings (SSSR count). The number of para-hydroxylation sites is 1. The van der Waals surface area contributed by atoms with Crippen LogP contribution in [0.5, 0.6) is 5.75 Å². The summed E-state index contributed by atoms with van der Waals surface area (Å²) >= 11 is 0. The molecule has 41 heavy (non-hydrogen) atoms. The zero-order valence-electron chi connectivity index (χ0n) is 23.4. The molecule has 1 amide bonds. The molecule has 0 saturated carbocycles. The van der Waals surface area contributed by atoms with E-state index in [1.54, 1.807) is 48.9 Å². The number of unbranched alkanes of at least 4 members (excludes halogenated alkanes) is 1. The molecule has 2 N–H and O–H groups in total. The third-order valence-electron chi connectivity index (χ3n) is 6.43. The van der Waals surface area contributed by atoms with Crippen molar-refractivity contribution < 1.29 is 26.4 Å². The Morgan fingerprint density at radius 1 is 1.00 bits per heavy atom. The number of rotatable bonds is 11. The smallest absolute Gasteiger partial charge is 0.409 e. The topological polar surface area (TPSA) is 136 Å². The van der Waals surface area contributed by atoms with Crippen molar-refractivity contribution in [1.29, 1.82) is 0 Å². The number of imidazole rings is 1. The van der Waals surface area contributed by atoms with Gasteiger partial charge in [-0.15, -0.1) is 0 Å². The van der Waals surface area contributed by atoms with E-state index in [0.29, 0.717) is 17.8 Å². The summed E-state index contributed by atoms with van der Waals surface area (Å²) in [4.78, 5) is 16.9. The number of amides is 1. The first-order valence-electron chi connectivity index (χ1n) is 13.2. The monoisotopic (exact) mass is 598 g/mol. The van der Waals surface area contributed by atoms with Gasteiger partial charge in [-0.3, -0.25) is 4.72 Å². The molecule has 0 unspecified atom stereocenters. The van der Waals surface area contributed by atoms with Gasteiger partial charge in [0, 0.05) is 18.5 Å². The lowest BCUT2D eigenvalue weighted by Gasteiger charge is -2.13. The molecule has 0 saturated heterocycles. The highest BCUT2D eigenvalue weighted by Gasteiger charge is 2.18. The Kier molecular flexibility index (Phi) is 9.03. The first kappa shape index (κ1) is 30.1. The summed E-state index contributed by atoms with van der Waals surface area (Å²) in [6, 6.07) is 20.0. The highest BCUT2D eigenvalue weighted by molar-refractivity contribution is 7.93. The molecule has 218 valence electrons. The van der Waals surface area contributed by atoms with Crippen LogP contribution in [0.4, 0.5) is 10.5 Å². The lowest BCUT2D eigenvalue weighted by molar-refractivity contribution is 0.207. The molecule has 0 bridgehead atoms. The summed E-state index contributed by atoms with van der Waals surface area (Å²) in [5, 5.41) is -0.564. The number of hydrogen-bond acceptors (Lipinski definition) is 7. The number of anilines is 1. The molecule has 0 fully saturated rings. The van der Waals surface area contributed by atoms with Gasteiger partial charge in [-0.25, -0.2) is 31.3 Å². The normalized spacial score (nSPS) is 12.0. The van der Waals surface area contributed by atoms with Crippen LogP contribution in [0.15, 0.2) is 66.7 Å². The van der Waals surface area contributed by atoms with Crippen LogP contribution in [0.25, 0.3) is 22.2 Å². The van der Waals surface area contributed by atoms with Gasteiger partial charge >= 0.3 is 6.09 Å². The fraction of sp³-hybridized carbons (Fsp3) is 0.310. The molecule has 12 heteroatoms. The summed E-state index contributed by atoms with van der Waals surface area (Å²) < 4.78 is 59.5. The van der Waals surface area contributed by atoms with E-state index in [2.05, 4.69) is 16.2 Å². The number of nitrogens with one attached hydrogen (secondary N) is 2. The predicted molar refractivity (Wildman–Crippen MR) is 161 cm³/mol. The quantitative estimate of drug-likeness (QED) is 0.239. The van der Waals surface area contributed by atoms with Gasteiger partial charge in [0.15, 0.2) is 0 Å². The molecule has 0 aliphatic rings.